The highest BCUT2D eigenvalue weighted by molar-refractivity contribution is 5.83. The average molecular weight is 798 g/mol. The first-order chi connectivity index (χ1) is 29.4. The average Bonchev–Trinajstić information content (AvgIpc) is 3.77. The molecule has 9 aliphatic carbocycles. The zero-order valence-corrected chi connectivity index (χ0v) is 38.0. The molecular formula is C61H65-. The minimum atomic E-state index is 0.159. The molecule has 0 aliphatic heterocycles. The van der Waals surface area contributed by atoms with Gasteiger partial charge in [-0.3, -0.25) is 0 Å². The lowest BCUT2D eigenvalue weighted by Crippen LogP contribution is -2.28. The summed E-state index contributed by atoms with van der Waals surface area (Å²) in [7, 11) is 0. The number of benzene rings is 2. The van der Waals surface area contributed by atoms with Gasteiger partial charge >= 0.3 is 0 Å². The van der Waals surface area contributed by atoms with Gasteiger partial charge in [-0.2, -0.15) is 6.92 Å². The Balaban J connectivity index is 0.847. The standard InChI is InChI=1S/C61H65/c1-9-37-31-39(41-21-27-49-47-15-11-13-17-53(47)59(3,4)55(49)33-41)19-25-45(37)46-26-20-40(32-38(46)10-2)42-22-29-51-52-30-24-44(36-58(52)61(7,8)57(51)34-42)43-23-28-50-48-16-12-14-18-54(48)60(5,6)56(50)35-43/h10-16,19-31,35,38,53-55,57-58H,9,17-18,32-34,36H2,1-8H3/q-1. The monoisotopic (exact) mass is 798 g/mol. The Morgan fingerprint density at radius 3 is 1.61 bits per heavy atom. The molecule has 0 N–H and O–H groups in total. The third-order valence-electron chi connectivity index (χ3n) is 17.9. The molecule has 0 saturated heterocycles. The molecule has 9 aliphatic rings. The Morgan fingerprint density at radius 1 is 0.492 bits per heavy atom. The number of fused-ring (bicyclic) bond motifs is 9. The molecule has 310 valence electrons. The minimum absolute atomic E-state index is 0.159. The highest BCUT2D eigenvalue weighted by Gasteiger charge is 2.52. The Kier molecular flexibility index (Phi) is 9.10. The topological polar surface area (TPSA) is 0 Å². The van der Waals surface area contributed by atoms with Crippen LogP contribution in [0.15, 0.2) is 155 Å². The van der Waals surface area contributed by atoms with E-state index in [1.165, 1.54) is 62.1 Å². The molecule has 0 amide bonds. The molecule has 0 aromatic heterocycles. The van der Waals surface area contributed by atoms with E-state index in [0.29, 0.717) is 35.5 Å². The Bertz CT molecular complexity index is 2640. The summed E-state index contributed by atoms with van der Waals surface area (Å²) in [5.41, 5.74) is 24.9. The number of aryl methyl sites for hydroxylation is 1. The normalized spacial score (nSPS) is 30.6. The second-order valence-electron chi connectivity index (χ2n) is 21.7. The van der Waals surface area contributed by atoms with Crippen LogP contribution in [0.25, 0.3) is 22.3 Å². The van der Waals surface area contributed by atoms with Gasteiger partial charge in [0, 0.05) is 0 Å². The molecule has 6 atom stereocenters. The fourth-order valence-electron chi connectivity index (χ4n) is 14.0. The van der Waals surface area contributed by atoms with Gasteiger partial charge in [-0.15, -0.1) is 5.92 Å². The number of hydrogen-bond acceptors (Lipinski definition) is 0. The van der Waals surface area contributed by atoms with Crippen molar-refractivity contribution in [2.24, 2.45) is 46.3 Å². The first kappa shape index (κ1) is 39.2. The summed E-state index contributed by atoms with van der Waals surface area (Å²) in [6, 6.07) is 14.8. The quantitative estimate of drug-likeness (QED) is 0.255. The molecule has 0 heteroatoms. The van der Waals surface area contributed by atoms with Gasteiger partial charge in [0.05, 0.1) is 0 Å². The molecule has 0 bridgehead atoms. The Morgan fingerprint density at radius 2 is 0.984 bits per heavy atom. The summed E-state index contributed by atoms with van der Waals surface area (Å²) < 4.78 is 0. The zero-order valence-electron chi connectivity index (χ0n) is 38.0. The fraction of sp³-hybridized carbons (Fsp3) is 0.393. The third kappa shape index (κ3) is 5.90. The van der Waals surface area contributed by atoms with Crippen LogP contribution in [0.5, 0.6) is 0 Å². The molecule has 0 nitrogen and oxygen atoms in total. The van der Waals surface area contributed by atoms with Gasteiger partial charge < -0.3 is 6.42 Å². The smallest absolute Gasteiger partial charge is 0.00255 e. The van der Waals surface area contributed by atoms with E-state index in [2.05, 4.69) is 183 Å². The summed E-state index contributed by atoms with van der Waals surface area (Å²) in [5.74, 6) is 3.31. The van der Waals surface area contributed by atoms with E-state index in [1.54, 1.807) is 33.4 Å². The zero-order chi connectivity index (χ0) is 42.0. The Labute approximate surface area is 367 Å². The first-order valence-electron chi connectivity index (χ1n) is 23.9. The van der Waals surface area contributed by atoms with Crippen LogP contribution in [0, 0.1) is 52.8 Å². The van der Waals surface area contributed by atoms with Crippen molar-refractivity contribution in [2.75, 3.05) is 0 Å². The molecule has 0 spiro atoms. The van der Waals surface area contributed by atoms with Gasteiger partial charge in [0.15, 0.2) is 0 Å². The van der Waals surface area contributed by atoms with Crippen LogP contribution >= 0.6 is 0 Å². The first-order valence-corrected chi connectivity index (χ1v) is 23.9. The largest absolute Gasteiger partial charge is 0.324 e. The maximum Gasteiger partial charge on any atom is -0.00255 e. The van der Waals surface area contributed by atoms with E-state index in [-0.39, 0.29) is 16.2 Å². The van der Waals surface area contributed by atoms with Crippen LogP contribution in [0.4, 0.5) is 0 Å². The molecule has 2 aromatic rings. The summed E-state index contributed by atoms with van der Waals surface area (Å²) in [4.78, 5) is 0. The molecular weight excluding hydrogens is 733 g/mol. The van der Waals surface area contributed by atoms with E-state index in [1.807, 2.05) is 0 Å². The molecule has 11 rings (SSSR count). The third-order valence-corrected chi connectivity index (χ3v) is 17.9. The predicted octanol–water partition coefficient (Wildman–Crippen LogP) is 15.9. The highest BCUT2D eigenvalue weighted by atomic mass is 14.6. The fourth-order valence-corrected chi connectivity index (χ4v) is 14.0. The van der Waals surface area contributed by atoms with Gasteiger partial charge in [-0.05, 0) is 174 Å². The van der Waals surface area contributed by atoms with E-state index in [0.717, 1.165) is 38.5 Å². The van der Waals surface area contributed by atoms with Crippen LogP contribution < -0.4 is 0 Å². The van der Waals surface area contributed by atoms with E-state index >= 15 is 0 Å². The predicted molar refractivity (Wildman–Crippen MR) is 260 cm³/mol. The van der Waals surface area contributed by atoms with Crippen molar-refractivity contribution in [3.8, 4) is 0 Å². The SMILES string of the molecule is C[CH-]C1CC(C2=CC=C3C4=CC=C(c5ccc6c(c5)C(C)(C)C5CC=CC=C65)CC4C(C)(C)C3C2)=CC=C1c1ccc(C2=CC=C3C4=CC=CCC4C(C)(C)C3C2)cc1CC. The molecule has 2 fully saturated rings. The maximum absolute atomic E-state index is 2.57. The second-order valence-corrected chi connectivity index (χ2v) is 21.7. The van der Waals surface area contributed by atoms with Crippen molar-refractivity contribution in [2.45, 2.75) is 106 Å². The molecule has 0 radical (unpaired) electrons. The van der Waals surface area contributed by atoms with Gasteiger partial charge in [-0.25, -0.2) is 0 Å². The van der Waals surface area contributed by atoms with Gasteiger partial charge in [0.1, 0.15) is 0 Å². The van der Waals surface area contributed by atoms with Crippen molar-refractivity contribution in [1.82, 2.24) is 0 Å². The summed E-state index contributed by atoms with van der Waals surface area (Å²) in [5, 5.41) is 0. The minimum Gasteiger partial charge on any atom is -0.324 e. The van der Waals surface area contributed by atoms with Crippen molar-refractivity contribution in [3.63, 3.8) is 0 Å². The van der Waals surface area contributed by atoms with Crippen LogP contribution in [-0.2, 0) is 11.8 Å². The van der Waals surface area contributed by atoms with Gasteiger partial charge in [-0.1, -0.05) is 176 Å². The van der Waals surface area contributed by atoms with E-state index in [9.17, 15) is 0 Å². The van der Waals surface area contributed by atoms with Gasteiger partial charge in [0.25, 0.3) is 0 Å². The number of rotatable bonds is 6. The van der Waals surface area contributed by atoms with Crippen molar-refractivity contribution >= 4 is 22.3 Å². The molecule has 0 heterocycles. The molecule has 6 unspecified atom stereocenters. The van der Waals surface area contributed by atoms with Crippen molar-refractivity contribution < 1.29 is 0 Å². The number of hydrogen-bond donors (Lipinski definition) is 0. The second kappa shape index (κ2) is 14.2. The lowest BCUT2D eigenvalue weighted by Gasteiger charge is -2.37. The lowest BCUT2D eigenvalue weighted by atomic mass is 9.67. The Hall–Kier alpha value is -4.68. The maximum atomic E-state index is 2.57. The summed E-state index contributed by atoms with van der Waals surface area (Å²) in [6.07, 6.45) is 44.2. The van der Waals surface area contributed by atoms with Crippen LogP contribution in [0.2, 0.25) is 0 Å². The van der Waals surface area contributed by atoms with Crippen LogP contribution in [0.1, 0.15) is 127 Å². The van der Waals surface area contributed by atoms with Crippen molar-refractivity contribution in [1.29, 1.82) is 0 Å². The van der Waals surface area contributed by atoms with Crippen LogP contribution in [-0.4, -0.2) is 0 Å². The number of allylic oxidation sites excluding steroid dienone is 24. The lowest BCUT2D eigenvalue weighted by molar-refractivity contribution is 0.207. The van der Waals surface area contributed by atoms with Crippen LogP contribution in [0.3, 0.4) is 0 Å². The molecule has 2 aromatic carbocycles. The molecule has 2 saturated carbocycles. The summed E-state index contributed by atoms with van der Waals surface area (Å²) in [6.45, 7) is 19.7. The van der Waals surface area contributed by atoms with Crippen molar-refractivity contribution in [3.05, 3.63) is 195 Å². The summed E-state index contributed by atoms with van der Waals surface area (Å²) >= 11 is 0. The van der Waals surface area contributed by atoms with Gasteiger partial charge in [0.2, 0.25) is 0 Å². The van der Waals surface area contributed by atoms with E-state index < -0.39 is 0 Å². The van der Waals surface area contributed by atoms with E-state index in [4.69, 9.17) is 0 Å². The molecule has 61 heavy (non-hydrogen) atoms. The highest BCUT2D eigenvalue weighted by Crippen LogP contribution is 2.62.